The Labute approximate surface area is 157 Å². The average molecular weight is 388 g/mol. The Morgan fingerprint density at radius 2 is 1.75 bits per heavy atom. The highest BCUT2D eigenvalue weighted by Gasteiger charge is 2.26. The van der Waals surface area contributed by atoms with Crippen LogP contribution in [-0.4, -0.2) is 23.3 Å². The van der Waals surface area contributed by atoms with Crippen molar-refractivity contribution in [2.24, 2.45) is 0 Å². The molecule has 0 bridgehead atoms. The largest absolute Gasteiger partial charge is 0.422 e. The summed E-state index contributed by atoms with van der Waals surface area (Å²) in [6.45, 7) is 2.24. The van der Waals surface area contributed by atoms with Gasteiger partial charge in [0.15, 0.2) is 29.0 Å². The molecule has 6 nitrogen and oxygen atoms in total. The van der Waals surface area contributed by atoms with Crippen molar-refractivity contribution in [1.29, 1.82) is 0 Å². The molecule has 0 fully saturated rings. The maximum atomic E-state index is 14.1. The van der Waals surface area contributed by atoms with Crippen LogP contribution in [0, 0.1) is 24.4 Å². The van der Waals surface area contributed by atoms with Crippen LogP contribution in [-0.2, 0) is 0 Å². The van der Waals surface area contributed by atoms with Crippen LogP contribution in [0.15, 0.2) is 41.2 Å². The van der Waals surface area contributed by atoms with Gasteiger partial charge in [-0.05, 0) is 19.1 Å². The lowest BCUT2D eigenvalue weighted by molar-refractivity contribution is 0.387. The van der Waals surface area contributed by atoms with Gasteiger partial charge in [0.2, 0.25) is 0 Å². The highest BCUT2D eigenvalue weighted by Crippen LogP contribution is 2.32. The van der Waals surface area contributed by atoms with Gasteiger partial charge in [-0.1, -0.05) is 17.7 Å². The molecular formula is C19H15F3N4O2. The Morgan fingerprint density at radius 3 is 2.46 bits per heavy atom. The smallest absolute Gasteiger partial charge is 0.311 e. The molecule has 1 aliphatic rings. The zero-order valence-electron chi connectivity index (χ0n) is 15.0. The number of nitrogens with one attached hydrogen (secondary N) is 1. The van der Waals surface area contributed by atoms with Crippen LogP contribution in [0.3, 0.4) is 0 Å². The van der Waals surface area contributed by atoms with Crippen LogP contribution in [0.2, 0.25) is 0 Å². The zero-order valence-corrected chi connectivity index (χ0v) is 15.0. The summed E-state index contributed by atoms with van der Waals surface area (Å²) in [6, 6.07) is 7.61. The first-order chi connectivity index (χ1) is 13.3. The first kappa shape index (κ1) is 17.9. The van der Waals surface area contributed by atoms with Gasteiger partial charge in [0.05, 0.1) is 12.4 Å². The van der Waals surface area contributed by atoms with E-state index < -0.39 is 28.8 Å². The number of aryl methyl sites for hydroxylation is 1. The second-order valence-electron chi connectivity index (χ2n) is 6.40. The molecule has 1 N–H and O–H groups in total. The fraction of sp³-hybridized carbons (Fsp3) is 0.158. The normalized spacial score (nSPS) is 12.7. The molecule has 0 saturated carbocycles. The number of anilines is 2. The van der Waals surface area contributed by atoms with Gasteiger partial charge in [-0.3, -0.25) is 4.79 Å². The number of fused-ring (bicyclic) bond motifs is 1. The minimum absolute atomic E-state index is 0.265. The van der Waals surface area contributed by atoms with Gasteiger partial charge < -0.3 is 15.0 Å². The van der Waals surface area contributed by atoms with Crippen LogP contribution in [0.5, 0.6) is 11.8 Å². The summed E-state index contributed by atoms with van der Waals surface area (Å²) < 4.78 is 47.4. The average Bonchev–Trinajstić information content (AvgIpc) is 3.02. The quantitative estimate of drug-likeness (QED) is 0.696. The number of rotatable bonds is 3. The van der Waals surface area contributed by atoms with Crippen molar-refractivity contribution in [3.05, 3.63) is 69.8 Å². The highest BCUT2D eigenvalue weighted by atomic mass is 19.2. The van der Waals surface area contributed by atoms with Crippen molar-refractivity contribution in [2.75, 3.05) is 23.9 Å². The fourth-order valence-corrected chi connectivity index (χ4v) is 2.87. The zero-order chi connectivity index (χ0) is 20.0. The Bertz CT molecular complexity index is 1130. The van der Waals surface area contributed by atoms with Crippen LogP contribution in [0.25, 0.3) is 5.69 Å². The van der Waals surface area contributed by atoms with Crippen molar-refractivity contribution in [1.82, 2.24) is 9.55 Å². The van der Waals surface area contributed by atoms with Crippen molar-refractivity contribution in [3.63, 3.8) is 0 Å². The third-order valence-electron chi connectivity index (χ3n) is 4.36. The number of nitrogens with zero attached hydrogens (tertiary/aromatic N) is 3. The molecule has 0 spiro atoms. The molecule has 0 unspecified atom stereocenters. The highest BCUT2D eigenvalue weighted by molar-refractivity contribution is 5.70. The molecule has 28 heavy (non-hydrogen) atoms. The summed E-state index contributed by atoms with van der Waals surface area (Å²) in [5.41, 5.74) is 1.20. The van der Waals surface area contributed by atoms with E-state index in [1.165, 1.54) is 0 Å². The maximum absolute atomic E-state index is 14.1. The molecule has 1 aliphatic heterocycles. The summed E-state index contributed by atoms with van der Waals surface area (Å²) >= 11 is 0. The molecule has 3 aromatic rings. The van der Waals surface area contributed by atoms with Crippen molar-refractivity contribution >= 4 is 11.5 Å². The molecule has 0 amide bonds. The van der Waals surface area contributed by atoms with Crippen molar-refractivity contribution in [3.8, 4) is 17.4 Å². The van der Waals surface area contributed by atoms with E-state index >= 15 is 0 Å². The molecule has 1 aromatic heterocycles. The topological polar surface area (TPSA) is 59.4 Å². The van der Waals surface area contributed by atoms with Gasteiger partial charge >= 0.3 is 6.01 Å². The van der Waals surface area contributed by atoms with Gasteiger partial charge in [-0.2, -0.15) is 4.98 Å². The van der Waals surface area contributed by atoms with Crippen LogP contribution in [0.1, 0.15) is 5.56 Å². The predicted octanol–water partition coefficient (Wildman–Crippen LogP) is 3.57. The number of hydrogen-bond donors (Lipinski definition) is 1. The van der Waals surface area contributed by atoms with E-state index in [4.69, 9.17) is 4.74 Å². The number of halogens is 3. The second-order valence-corrected chi connectivity index (χ2v) is 6.40. The van der Waals surface area contributed by atoms with E-state index in [1.54, 1.807) is 36.2 Å². The second kappa shape index (κ2) is 6.59. The molecule has 0 aliphatic carbocycles. The van der Waals surface area contributed by atoms with Gasteiger partial charge in [0, 0.05) is 19.2 Å². The van der Waals surface area contributed by atoms with Crippen molar-refractivity contribution < 1.29 is 17.9 Å². The summed E-state index contributed by atoms with van der Waals surface area (Å²) in [4.78, 5) is 19.0. The third-order valence-corrected chi connectivity index (χ3v) is 4.36. The van der Waals surface area contributed by atoms with Crippen LogP contribution >= 0.6 is 0 Å². The molecule has 2 aromatic carbocycles. The molecule has 0 atom stereocenters. The lowest BCUT2D eigenvalue weighted by Crippen LogP contribution is -2.23. The van der Waals surface area contributed by atoms with Crippen LogP contribution < -0.4 is 20.5 Å². The first-order valence-electron chi connectivity index (χ1n) is 8.36. The SMILES string of the molecule is Cc1ccc(-n2c(Oc3cc(F)c(F)cc3F)nc3c(c2=O)NCN3C)cc1. The van der Waals surface area contributed by atoms with Crippen LogP contribution in [0.4, 0.5) is 24.7 Å². The molecule has 2 heterocycles. The fourth-order valence-electron chi connectivity index (χ4n) is 2.87. The summed E-state index contributed by atoms with van der Waals surface area (Å²) in [6.07, 6.45) is 0. The summed E-state index contributed by atoms with van der Waals surface area (Å²) in [5.74, 6) is -4.01. The van der Waals surface area contributed by atoms with E-state index in [2.05, 4.69) is 10.3 Å². The number of hydrogen-bond acceptors (Lipinski definition) is 5. The van der Waals surface area contributed by atoms with E-state index in [0.29, 0.717) is 30.3 Å². The molecule has 4 rings (SSSR count). The standard InChI is InChI=1S/C19H15F3N4O2/c1-10-3-5-11(6-4-10)26-18(27)16-17(25(2)9-23-16)24-19(26)28-15-8-13(21)12(20)7-14(15)22/h3-8,23H,9H2,1-2H3. The minimum Gasteiger partial charge on any atom is -0.422 e. The Balaban J connectivity index is 1.92. The number of ether oxygens (including phenoxy) is 1. The van der Waals surface area contributed by atoms with Crippen molar-refractivity contribution in [2.45, 2.75) is 6.92 Å². The lowest BCUT2D eigenvalue weighted by Gasteiger charge is -2.16. The van der Waals surface area contributed by atoms with E-state index in [9.17, 15) is 18.0 Å². The monoisotopic (exact) mass is 388 g/mol. The minimum atomic E-state index is -1.34. The van der Waals surface area contributed by atoms with E-state index in [-0.39, 0.29) is 11.7 Å². The predicted molar refractivity (Wildman–Crippen MR) is 97.9 cm³/mol. The van der Waals surface area contributed by atoms with Gasteiger partial charge in [0.1, 0.15) is 5.69 Å². The third kappa shape index (κ3) is 2.94. The Kier molecular flexibility index (Phi) is 4.21. The Hall–Kier alpha value is -3.49. The number of aromatic nitrogens is 2. The van der Waals surface area contributed by atoms with E-state index in [1.807, 2.05) is 6.92 Å². The van der Waals surface area contributed by atoms with Gasteiger partial charge in [0.25, 0.3) is 5.56 Å². The Morgan fingerprint density at radius 1 is 1.07 bits per heavy atom. The summed E-state index contributed by atoms with van der Waals surface area (Å²) in [5, 5.41) is 2.95. The lowest BCUT2D eigenvalue weighted by atomic mass is 10.2. The molecule has 0 saturated heterocycles. The van der Waals surface area contributed by atoms with Gasteiger partial charge in [-0.15, -0.1) is 0 Å². The molecule has 144 valence electrons. The molecular weight excluding hydrogens is 373 g/mol. The molecule has 0 radical (unpaired) electrons. The van der Waals surface area contributed by atoms with Gasteiger partial charge in [-0.25, -0.2) is 17.7 Å². The summed E-state index contributed by atoms with van der Waals surface area (Å²) in [7, 11) is 1.71. The number of benzene rings is 2. The first-order valence-corrected chi connectivity index (χ1v) is 8.36. The maximum Gasteiger partial charge on any atom is 0.311 e. The molecule has 9 heteroatoms. The van der Waals surface area contributed by atoms with E-state index in [0.717, 1.165) is 10.1 Å².